The second-order valence-corrected chi connectivity index (χ2v) is 9.67. The molecule has 31 heavy (non-hydrogen) atoms. The molecule has 1 aromatic heterocycles. The Labute approximate surface area is 177 Å². The maximum Gasteiger partial charge on any atom is 0.416 e. The number of hydrogen-bond donors (Lipinski definition) is 0. The number of benzene rings is 2. The molecule has 0 bridgehead atoms. The van der Waals surface area contributed by atoms with E-state index in [0.717, 1.165) is 17.5 Å². The van der Waals surface area contributed by atoms with Gasteiger partial charge in [-0.25, -0.2) is 8.42 Å². The van der Waals surface area contributed by atoms with Gasteiger partial charge in [-0.05, 0) is 43.2 Å². The van der Waals surface area contributed by atoms with Crippen molar-refractivity contribution in [1.82, 2.24) is 9.88 Å². The van der Waals surface area contributed by atoms with E-state index in [1.165, 1.54) is 6.07 Å². The number of rotatable bonds is 3. The van der Waals surface area contributed by atoms with Gasteiger partial charge >= 0.3 is 6.18 Å². The molecule has 0 N–H and O–H groups in total. The molecular formula is C22H19F3N2O3S. The van der Waals surface area contributed by atoms with Gasteiger partial charge in [0.1, 0.15) is 0 Å². The van der Waals surface area contributed by atoms with E-state index >= 15 is 0 Å². The van der Waals surface area contributed by atoms with Gasteiger partial charge in [-0.2, -0.15) is 13.2 Å². The van der Waals surface area contributed by atoms with Crippen LogP contribution < -0.4 is 0 Å². The first kappa shape index (κ1) is 21.3. The van der Waals surface area contributed by atoms with E-state index in [1.54, 1.807) is 29.3 Å². The third-order valence-electron chi connectivity index (χ3n) is 5.52. The molecule has 0 atom stereocenters. The average molecular weight is 448 g/mol. The Morgan fingerprint density at radius 2 is 1.68 bits per heavy atom. The molecule has 0 aliphatic carbocycles. The van der Waals surface area contributed by atoms with Crippen molar-refractivity contribution >= 4 is 26.6 Å². The number of amides is 1. The molecule has 0 unspecified atom stereocenters. The Morgan fingerprint density at radius 3 is 2.39 bits per heavy atom. The zero-order valence-electron chi connectivity index (χ0n) is 16.3. The molecule has 1 aliphatic rings. The molecule has 162 valence electrons. The van der Waals surface area contributed by atoms with Gasteiger partial charge in [0.25, 0.3) is 5.91 Å². The summed E-state index contributed by atoms with van der Waals surface area (Å²) < 4.78 is 64.7. The monoisotopic (exact) mass is 448 g/mol. The highest BCUT2D eigenvalue weighted by atomic mass is 32.2. The largest absolute Gasteiger partial charge is 0.416 e. The maximum absolute atomic E-state index is 13.0. The molecular weight excluding hydrogens is 429 g/mol. The molecule has 2 aromatic carbocycles. The Morgan fingerprint density at radius 1 is 1.00 bits per heavy atom. The highest BCUT2D eigenvalue weighted by Gasteiger charge is 2.36. The number of likely N-dealkylation sites (tertiary alicyclic amines) is 1. The number of nitrogens with zero attached hydrogens (tertiary/aromatic N) is 2. The Hall–Kier alpha value is -2.94. The maximum atomic E-state index is 13.0. The highest BCUT2D eigenvalue weighted by Crippen LogP contribution is 2.33. The minimum absolute atomic E-state index is 0.155. The lowest BCUT2D eigenvalue weighted by Gasteiger charge is -2.32. The van der Waals surface area contributed by atoms with E-state index < -0.39 is 26.8 Å². The van der Waals surface area contributed by atoms with Crippen molar-refractivity contribution in [2.75, 3.05) is 13.1 Å². The van der Waals surface area contributed by atoms with Crippen LogP contribution in [0.1, 0.15) is 28.8 Å². The number of alkyl halides is 3. The first-order chi connectivity index (χ1) is 14.7. The average Bonchev–Trinajstić information content (AvgIpc) is 2.78. The molecule has 0 spiro atoms. The van der Waals surface area contributed by atoms with Crippen molar-refractivity contribution in [2.24, 2.45) is 0 Å². The Balaban J connectivity index is 1.51. The highest BCUT2D eigenvalue weighted by molar-refractivity contribution is 7.92. The zero-order valence-corrected chi connectivity index (χ0v) is 17.2. The molecule has 1 amide bonds. The fourth-order valence-corrected chi connectivity index (χ4v) is 5.63. The summed E-state index contributed by atoms with van der Waals surface area (Å²) in [6.07, 6.45) is -2.70. The lowest BCUT2D eigenvalue weighted by Crippen LogP contribution is -2.42. The van der Waals surface area contributed by atoms with Gasteiger partial charge in [0, 0.05) is 24.7 Å². The minimum atomic E-state index is -4.62. The van der Waals surface area contributed by atoms with Crippen molar-refractivity contribution in [1.29, 1.82) is 0 Å². The quantitative estimate of drug-likeness (QED) is 0.598. The zero-order chi connectivity index (χ0) is 22.2. The molecule has 0 radical (unpaired) electrons. The van der Waals surface area contributed by atoms with Crippen LogP contribution in [-0.2, 0) is 16.0 Å². The van der Waals surface area contributed by atoms with E-state index in [1.807, 2.05) is 12.1 Å². The molecule has 1 fully saturated rings. The number of halogens is 3. The second-order valence-electron chi connectivity index (χ2n) is 7.44. The van der Waals surface area contributed by atoms with Crippen molar-refractivity contribution in [3.05, 3.63) is 71.9 Å². The number of carbonyl (C=O) groups is 1. The predicted molar refractivity (Wildman–Crippen MR) is 109 cm³/mol. The Bertz CT molecular complexity index is 1230. The van der Waals surface area contributed by atoms with E-state index in [2.05, 4.69) is 4.98 Å². The second kappa shape index (κ2) is 7.96. The first-order valence-electron chi connectivity index (χ1n) is 9.72. The summed E-state index contributed by atoms with van der Waals surface area (Å²) in [6.45, 7) is 0.399. The van der Waals surface area contributed by atoms with E-state index in [-0.39, 0.29) is 36.7 Å². The summed E-state index contributed by atoms with van der Waals surface area (Å²) in [6, 6.07) is 12.7. The molecule has 2 heterocycles. The van der Waals surface area contributed by atoms with Gasteiger partial charge < -0.3 is 4.90 Å². The minimum Gasteiger partial charge on any atom is -0.338 e. The number of para-hydroxylation sites is 1. The number of carbonyl (C=O) groups excluding carboxylic acids is 1. The molecule has 5 nitrogen and oxygen atoms in total. The fraction of sp³-hybridized carbons (Fsp3) is 0.273. The topological polar surface area (TPSA) is 67.3 Å². The van der Waals surface area contributed by atoms with Gasteiger partial charge in [-0.15, -0.1) is 0 Å². The SMILES string of the molecule is O=C(c1cccc2cccnc12)N1CCC(S(=O)(=O)c2cccc(C(F)(F)F)c2)CC1. The van der Waals surface area contributed by atoms with Crippen molar-refractivity contribution in [3.8, 4) is 0 Å². The van der Waals surface area contributed by atoms with Crippen LogP contribution in [-0.4, -0.2) is 42.5 Å². The van der Waals surface area contributed by atoms with Crippen LogP contribution in [0, 0.1) is 0 Å². The third-order valence-corrected chi connectivity index (χ3v) is 7.78. The van der Waals surface area contributed by atoms with Crippen LogP contribution in [0.4, 0.5) is 13.2 Å². The van der Waals surface area contributed by atoms with Gasteiger partial charge in [0.2, 0.25) is 0 Å². The first-order valence-corrected chi connectivity index (χ1v) is 11.3. The van der Waals surface area contributed by atoms with Crippen molar-refractivity contribution < 1.29 is 26.4 Å². The van der Waals surface area contributed by atoms with Crippen LogP contribution in [0.2, 0.25) is 0 Å². The van der Waals surface area contributed by atoms with Gasteiger partial charge in [-0.1, -0.05) is 24.3 Å². The molecule has 3 aromatic rings. The number of hydrogen-bond acceptors (Lipinski definition) is 4. The Kier molecular flexibility index (Phi) is 5.47. The standard InChI is InChI=1S/C22H19F3N2O3S/c23-22(24,25)16-6-2-7-18(14-16)31(29,30)17-9-12-27(13-10-17)21(28)19-8-1-4-15-5-3-11-26-20(15)19/h1-8,11,14,17H,9-10,12-13H2. The van der Waals surface area contributed by atoms with Gasteiger partial charge in [0.05, 0.1) is 26.8 Å². The normalized spacial score (nSPS) is 15.9. The number of sulfone groups is 1. The lowest BCUT2D eigenvalue weighted by molar-refractivity contribution is -0.137. The van der Waals surface area contributed by atoms with Gasteiger partial charge in [0.15, 0.2) is 9.84 Å². The summed E-state index contributed by atoms with van der Waals surface area (Å²) in [4.78, 5) is 18.5. The molecule has 0 saturated carbocycles. The predicted octanol–water partition coefficient (Wildman–Crippen LogP) is 4.33. The van der Waals surface area contributed by atoms with Crippen LogP contribution in [0.25, 0.3) is 10.9 Å². The smallest absolute Gasteiger partial charge is 0.338 e. The van der Waals surface area contributed by atoms with Crippen molar-refractivity contribution in [2.45, 2.75) is 29.2 Å². The third kappa shape index (κ3) is 4.14. The molecule has 1 saturated heterocycles. The van der Waals surface area contributed by atoms with E-state index in [4.69, 9.17) is 0 Å². The number of aromatic nitrogens is 1. The summed E-state index contributed by atoms with van der Waals surface area (Å²) in [7, 11) is -3.94. The molecule has 9 heteroatoms. The van der Waals surface area contributed by atoms with E-state index in [0.29, 0.717) is 17.1 Å². The number of pyridine rings is 1. The summed E-state index contributed by atoms with van der Waals surface area (Å²) >= 11 is 0. The summed E-state index contributed by atoms with van der Waals surface area (Å²) in [5, 5.41) is -0.0129. The molecule has 4 rings (SSSR count). The van der Waals surface area contributed by atoms with Crippen molar-refractivity contribution in [3.63, 3.8) is 0 Å². The van der Waals surface area contributed by atoms with Crippen LogP contribution in [0.5, 0.6) is 0 Å². The molecule has 1 aliphatic heterocycles. The lowest BCUT2D eigenvalue weighted by atomic mass is 10.1. The van der Waals surface area contributed by atoms with E-state index in [9.17, 15) is 26.4 Å². The number of piperidine rings is 1. The van der Waals surface area contributed by atoms with Crippen LogP contribution >= 0.6 is 0 Å². The summed E-state index contributed by atoms with van der Waals surface area (Å²) in [5.74, 6) is -0.237. The fourth-order valence-electron chi connectivity index (χ4n) is 3.86. The number of fused-ring (bicyclic) bond motifs is 1. The van der Waals surface area contributed by atoms with Crippen LogP contribution in [0.15, 0.2) is 65.7 Å². The summed E-state index contributed by atoms with van der Waals surface area (Å²) in [5.41, 5.74) is 0.0237. The van der Waals surface area contributed by atoms with Gasteiger partial charge in [-0.3, -0.25) is 9.78 Å². The van der Waals surface area contributed by atoms with Crippen LogP contribution in [0.3, 0.4) is 0 Å².